The predicted octanol–water partition coefficient (Wildman–Crippen LogP) is 1.97. The molecule has 0 unspecified atom stereocenters. The van der Waals surface area contributed by atoms with Crippen molar-refractivity contribution >= 4 is 12.0 Å². The second-order valence-electron chi connectivity index (χ2n) is 2.91. The van der Waals surface area contributed by atoms with Crippen molar-refractivity contribution in [1.29, 1.82) is 0 Å². The van der Waals surface area contributed by atoms with E-state index in [0.29, 0.717) is 6.42 Å². The lowest BCUT2D eigenvalue weighted by Crippen LogP contribution is -1.96. The van der Waals surface area contributed by atoms with E-state index >= 15 is 0 Å². The molecule has 1 aromatic rings. The van der Waals surface area contributed by atoms with E-state index in [1.54, 1.807) is 12.3 Å². The number of carbonyl (C=O) groups is 1. The van der Waals surface area contributed by atoms with Crippen LogP contribution in [0.25, 0.3) is 6.08 Å². The van der Waals surface area contributed by atoms with Crippen molar-refractivity contribution in [2.24, 2.45) is 0 Å². The van der Waals surface area contributed by atoms with E-state index in [0.717, 1.165) is 11.3 Å². The fourth-order valence-corrected chi connectivity index (χ4v) is 1.05. The van der Waals surface area contributed by atoms with Gasteiger partial charge in [0.2, 0.25) is 0 Å². The minimum atomic E-state index is -0.230. The second-order valence-corrected chi connectivity index (χ2v) is 2.91. The third kappa shape index (κ3) is 3.39. The summed E-state index contributed by atoms with van der Waals surface area (Å²) in [5.74, 6) is -0.230. The molecule has 0 aliphatic carbocycles. The van der Waals surface area contributed by atoms with Gasteiger partial charge in [-0.3, -0.25) is 9.78 Å². The predicted molar refractivity (Wildman–Crippen MR) is 54.6 cm³/mol. The van der Waals surface area contributed by atoms with Crippen molar-refractivity contribution in [2.45, 2.75) is 13.3 Å². The van der Waals surface area contributed by atoms with Gasteiger partial charge in [0.25, 0.3) is 0 Å². The Labute approximate surface area is 83.4 Å². The van der Waals surface area contributed by atoms with Crippen LogP contribution in [0, 0.1) is 6.92 Å². The molecule has 0 saturated carbocycles. The minimum Gasteiger partial charge on any atom is -0.469 e. The zero-order chi connectivity index (χ0) is 10.4. The quantitative estimate of drug-likeness (QED) is 0.685. The van der Waals surface area contributed by atoms with Crippen molar-refractivity contribution in [1.82, 2.24) is 4.98 Å². The van der Waals surface area contributed by atoms with Crippen LogP contribution in [-0.4, -0.2) is 18.1 Å². The smallest absolute Gasteiger partial charge is 0.309 e. The molecule has 1 rings (SSSR count). The highest BCUT2D eigenvalue weighted by Gasteiger charge is 1.94. The molecule has 0 spiro atoms. The fourth-order valence-electron chi connectivity index (χ4n) is 1.05. The molecule has 0 aliphatic heterocycles. The van der Waals surface area contributed by atoms with Crippen LogP contribution in [0.2, 0.25) is 0 Å². The molecule has 1 heterocycles. The summed E-state index contributed by atoms with van der Waals surface area (Å²) < 4.78 is 4.51. The van der Waals surface area contributed by atoms with Gasteiger partial charge in [-0.15, -0.1) is 0 Å². The van der Waals surface area contributed by atoms with Crippen molar-refractivity contribution in [3.8, 4) is 0 Å². The van der Waals surface area contributed by atoms with Gasteiger partial charge in [-0.2, -0.15) is 0 Å². The van der Waals surface area contributed by atoms with E-state index in [4.69, 9.17) is 0 Å². The molecular formula is C11H13NO2. The highest BCUT2D eigenvalue weighted by molar-refractivity contribution is 5.72. The Hall–Kier alpha value is -1.64. The van der Waals surface area contributed by atoms with Crippen LogP contribution in [-0.2, 0) is 9.53 Å². The third-order valence-corrected chi connectivity index (χ3v) is 1.74. The van der Waals surface area contributed by atoms with Gasteiger partial charge in [-0.25, -0.2) is 0 Å². The van der Waals surface area contributed by atoms with Crippen LogP contribution < -0.4 is 0 Å². The first-order chi connectivity index (χ1) is 6.72. The SMILES string of the molecule is COC(=O)CC=Cc1ccnc(C)c1. The fraction of sp³-hybridized carbons (Fsp3) is 0.273. The monoisotopic (exact) mass is 191 g/mol. The molecule has 0 atom stereocenters. The number of aromatic nitrogens is 1. The summed E-state index contributed by atoms with van der Waals surface area (Å²) >= 11 is 0. The number of pyridine rings is 1. The highest BCUT2D eigenvalue weighted by atomic mass is 16.5. The molecule has 0 N–H and O–H groups in total. The van der Waals surface area contributed by atoms with Gasteiger partial charge in [0.05, 0.1) is 13.5 Å². The van der Waals surface area contributed by atoms with E-state index in [1.807, 2.05) is 25.1 Å². The number of carbonyl (C=O) groups excluding carboxylic acids is 1. The average molecular weight is 191 g/mol. The molecule has 0 aliphatic rings. The summed E-state index contributed by atoms with van der Waals surface area (Å²) in [4.78, 5) is 14.9. The third-order valence-electron chi connectivity index (χ3n) is 1.74. The van der Waals surface area contributed by atoms with E-state index in [-0.39, 0.29) is 5.97 Å². The Morgan fingerprint density at radius 2 is 2.43 bits per heavy atom. The van der Waals surface area contributed by atoms with E-state index < -0.39 is 0 Å². The first-order valence-corrected chi connectivity index (χ1v) is 4.38. The Morgan fingerprint density at radius 3 is 3.07 bits per heavy atom. The molecular weight excluding hydrogens is 178 g/mol. The van der Waals surface area contributed by atoms with Crippen LogP contribution in [0.1, 0.15) is 17.7 Å². The first kappa shape index (κ1) is 10.4. The maximum absolute atomic E-state index is 10.8. The number of esters is 1. The van der Waals surface area contributed by atoms with Gasteiger partial charge in [0.1, 0.15) is 0 Å². The van der Waals surface area contributed by atoms with Gasteiger partial charge in [-0.05, 0) is 24.6 Å². The van der Waals surface area contributed by atoms with Crippen molar-refractivity contribution in [2.75, 3.05) is 7.11 Å². The number of aryl methyl sites for hydroxylation is 1. The number of methoxy groups -OCH3 is 1. The van der Waals surface area contributed by atoms with Gasteiger partial charge >= 0.3 is 5.97 Å². The average Bonchev–Trinajstić information content (AvgIpc) is 2.17. The summed E-state index contributed by atoms with van der Waals surface area (Å²) in [6, 6.07) is 3.84. The maximum Gasteiger partial charge on any atom is 0.309 e. The lowest BCUT2D eigenvalue weighted by atomic mass is 10.2. The summed E-state index contributed by atoms with van der Waals surface area (Å²) in [6.45, 7) is 1.93. The van der Waals surface area contributed by atoms with E-state index in [1.165, 1.54) is 7.11 Å². The molecule has 74 valence electrons. The Balaban J connectivity index is 2.56. The van der Waals surface area contributed by atoms with E-state index in [2.05, 4.69) is 9.72 Å². The van der Waals surface area contributed by atoms with Crippen LogP contribution in [0.3, 0.4) is 0 Å². The number of hydrogen-bond acceptors (Lipinski definition) is 3. The molecule has 1 aromatic heterocycles. The maximum atomic E-state index is 10.8. The van der Waals surface area contributed by atoms with E-state index in [9.17, 15) is 4.79 Å². The van der Waals surface area contributed by atoms with Crippen molar-refractivity contribution in [3.63, 3.8) is 0 Å². The topological polar surface area (TPSA) is 39.2 Å². The number of rotatable bonds is 3. The highest BCUT2D eigenvalue weighted by Crippen LogP contribution is 2.03. The van der Waals surface area contributed by atoms with Gasteiger partial charge < -0.3 is 4.74 Å². The Kier molecular flexibility index (Phi) is 3.85. The largest absolute Gasteiger partial charge is 0.469 e. The standard InChI is InChI=1S/C11H13NO2/c1-9-8-10(6-7-12-9)4-3-5-11(13)14-2/h3-4,6-8H,5H2,1-2H3. The molecule has 3 heteroatoms. The lowest BCUT2D eigenvalue weighted by molar-refractivity contribution is -0.139. The van der Waals surface area contributed by atoms with Crippen LogP contribution in [0.4, 0.5) is 0 Å². The number of hydrogen-bond donors (Lipinski definition) is 0. The zero-order valence-corrected chi connectivity index (χ0v) is 8.36. The van der Waals surface area contributed by atoms with Crippen LogP contribution >= 0.6 is 0 Å². The van der Waals surface area contributed by atoms with Crippen LogP contribution in [0.15, 0.2) is 24.4 Å². The number of ether oxygens (including phenoxy) is 1. The summed E-state index contributed by atoms with van der Waals surface area (Å²) in [7, 11) is 1.38. The Morgan fingerprint density at radius 1 is 1.64 bits per heavy atom. The molecule has 0 saturated heterocycles. The zero-order valence-electron chi connectivity index (χ0n) is 8.36. The normalized spacial score (nSPS) is 10.4. The molecule has 14 heavy (non-hydrogen) atoms. The molecule has 0 radical (unpaired) electrons. The van der Waals surface area contributed by atoms with Crippen molar-refractivity contribution < 1.29 is 9.53 Å². The summed E-state index contributed by atoms with van der Waals surface area (Å²) in [5.41, 5.74) is 2.01. The molecule has 0 aromatic carbocycles. The van der Waals surface area contributed by atoms with Gasteiger partial charge in [0.15, 0.2) is 0 Å². The summed E-state index contributed by atoms with van der Waals surface area (Å²) in [6.07, 6.45) is 5.71. The molecule has 3 nitrogen and oxygen atoms in total. The van der Waals surface area contributed by atoms with Gasteiger partial charge in [0, 0.05) is 11.9 Å². The van der Waals surface area contributed by atoms with Gasteiger partial charge in [-0.1, -0.05) is 12.2 Å². The molecule has 0 bridgehead atoms. The van der Waals surface area contributed by atoms with Crippen molar-refractivity contribution in [3.05, 3.63) is 35.7 Å². The summed E-state index contributed by atoms with van der Waals surface area (Å²) in [5, 5.41) is 0. The lowest BCUT2D eigenvalue weighted by Gasteiger charge is -1.95. The second kappa shape index (κ2) is 5.17. The number of nitrogens with zero attached hydrogens (tertiary/aromatic N) is 1. The van der Waals surface area contributed by atoms with Crippen LogP contribution in [0.5, 0.6) is 0 Å². The first-order valence-electron chi connectivity index (χ1n) is 4.38. The molecule has 0 fully saturated rings. The minimum absolute atomic E-state index is 0.230. The molecule has 0 amide bonds. The Bertz CT molecular complexity index is 345.